The molecule has 1 saturated heterocycles. The maximum absolute atomic E-state index is 13.5. The second-order valence-corrected chi connectivity index (χ2v) is 7.91. The highest BCUT2D eigenvalue weighted by molar-refractivity contribution is 6.05. The Hall–Kier alpha value is -4.00. The van der Waals surface area contributed by atoms with E-state index in [9.17, 15) is 9.59 Å². The average molecular weight is 461 g/mol. The van der Waals surface area contributed by atoms with E-state index in [1.807, 2.05) is 61.5 Å². The Kier molecular flexibility index (Phi) is 7.01. The van der Waals surface area contributed by atoms with Crippen LogP contribution >= 0.6 is 0 Å². The van der Waals surface area contributed by atoms with Gasteiger partial charge in [-0.25, -0.2) is 0 Å². The Morgan fingerprint density at radius 2 is 1.56 bits per heavy atom. The van der Waals surface area contributed by atoms with Crippen LogP contribution in [-0.4, -0.2) is 32.6 Å². The van der Waals surface area contributed by atoms with Gasteiger partial charge in [0.25, 0.3) is 0 Å². The van der Waals surface area contributed by atoms with Crippen molar-refractivity contribution >= 4 is 23.2 Å². The summed E-state index contributed by atoms with van der Waals surface area (Å²) < 4.78 is 16.2. The van der Waals surface area contributed by atoms with E-state index < -0.39 is 12.0 Å². The largest absolute Gasteiger partial charge is 0.497 e. The third-order valence-corrected chi connectivity index (χ3v) is 5.91. The molecule has 176 valence electrons. The van der Waals surface area contributed by atoms with Crippen LogP contribution in [0.1, 0.15) is 24.9 Å². The van der Waals surface area contributed by atoms with Gasteiger partial charge in [0.15, 0.2) is 0 Å². The predicted octanol–water partition coefficient (Wildman–Crippen LogP) is 4.84. The molecule has 1 fully saturated rings. The third-order valence-electron chi connectivity index (χ3n) is 5.91. The van der Waals surface area contributed by atoms with Crippen molar-refractivity contribution in [3.05, 3.63) is 78.4 Å². The lowest BCUT2D eigenvalue weighted by atomic mass is 9.92. The highest BCUT2D eigenvalue weighted by Gasteiger charge is 2.45. The summed E-state index contributed by atoms with van der Waals surface area (Å²) in [6.07, 6.45) is 0.0887. The number of hydrogen-bond acceptors (Lipinski definition) is 5. The maximum Gasteiger partial charge on any atom is 0.230 e. The topological polar surface area (TPSA) is 77.1 Å². The number of methoxy groups -OCH3 is 2. The number of rotatable bonds is 8. The molecule has 3 aromatic rings. The first-order chi connectivity index (χ1) is 16.5. The van der Waals surface area contributed by atoms with Crippen LogP contribution in [0.2, 0.25) is 0 Å². The highest BCUT2D eigenvalue weighted by atomic mass is 16.5. The monoisotopic (exact) mass is 460 g/mol. The number of ether oxygens (including phenoxy) is 3. The number of anilines is 2. The Labute approximate surface area is 199 Å². The number of hydrogen-bond donors (Lipinski definition) is 1. The van der Waals surface area contributed by atoms with Gasteiger partial charge >= 0.3 is 0 Å². The van der Waals surface area contributed by atoms with Crippen LogP contribution in [0.4, 0.5) is 11.4 Å². The van der Waals surface area contributed by atoms with Crippen LogP contribution in [-0.2, 0) is 9.59 Å². The lowest BCUT2D eigenvalue weighted by Gasteiger charge is -2.29. The number of benzene rings is 3. The summed E-state index contributed by atoms with van der Waals surface area (Å²) in [5, 5.41) is 2.98. The van der Waals surface area contributed by atoms with Gasteiger partial charge in [0.2, 0.25) is 11.8 Å². The van der Waals surface area contributed by atoms with Gasteiger partial charge in [-0.3, -0.25) is 9.59 Å². The molecule has 4 rings (SSSR count). The zero-order chi connectivity index (χ0) is 24.1. The smallest absolute Gasteiger partial charge is 0.230 e. The normalized spacial score (nSPS) is 17.4. The van der Waals surface area contributed by atoms with E-state index in [-0.39, 0.29) is 18.2 Å². The van der Waals surface area contributed by atoms with E-state index in [2.05, 4.69) is 5.32 Å². The first-order valence-electron chi connectivity index (χ1n) is 11.2. The zero-order valence-electron chi connectivity index (χ0n) is 19.5. The number of carbonyl (C=O) groups excluding carboxylic acids is 2. The molecule has 0 spiro atoms. The van der Waals surface area contributed by atoms with Crippen LogP contribution in [0, 0.1) is 5.92 Å². The van der Waals surface area contributed by atoms with E-state index in [1.165, 1.54) is 0 Å². The van der Waals surface area contributed by atoms with Gasteiger partial charge in [-0.1, -0.05) is 24.3 Å². The summed E-state index contributed by atoms with van der Waals surface area (Å²) in [7, 11) is 3.19. The molecule has 1 N–H and O–H groups in total. The molecular weight excluding hydrogens is 432 g/mol. The van der Waals surface area contributed by atoms with E-state index in [1.54, 1.807) is 37.3 Å². The molecule has 0 saturated carbocycles. The van der Waals surface area contributed by atoms with E-state index in [0.717, 1.165) is 5.56 Å². The summed E-state index contributed by atoms with van der Waals surface area (Å²) in [6, 6.07) is 21.6. The third kappa shape index (κ3) is 4.69. The fourth-order valence-corrected chi connectivity index (χ4v) is 4.28. The van der Waals surface area contributed by atoms with Gasteiger partial charge in [-0.2, -0.15) is 0 Å². The summed E-state index contributed by atoms with van der Waals surface area (Å²) in [5.74, 6) is 1.03. The second kappa shape index (κ2) is 10.3. The molecule has 1 aliphatic heterocycles. The lowest BCUT2D eigenvalue weighted by Crippen LogP contribution is -2.32. The number of nitrogens with zero attached hydrogens (tertiary/aromatic N) is 1. The van der Waals surface area contributed by atoms with Crippen molar-refractivity contribution in [3.8, 4) is 17.2 Å². The van der Waals surface area contributed by atoms with E-state index in [4.69, 9.17) is 14.2 Å². The summed E-state index contributed by atoms with van der Waals surface area (Å²) in [6.45, 7) is 2.37. The van der Waals surface area contributed by atoms with Crippen molar-refractivity contribution in [1.82, 2.24) is 0 Å². The Morgan fingerprint density at radius 3 is 2.18 bits per heavy atom. The van der Waals surface area contributed by atoms with Crippen LogP contribution in [0.5, 0.6) is 17.2 Å². The molecule has 0 bridgehead atoms. The minimum atomic E-state index is -0.599. The molecule has 1 aliphatic rings. The predicted molar refractivity (Wildman–Crippen MR) is 131 cm³/mol. The fraction of sp³-hybridized carbons (Fsp3) is 0.259. The van der Waals surface area contributed by atoms with Gasteiger partial charge in [0.05, 0.1) is 38.5 Å². The molecule has 0 aromatic heterocycles. The van der Waals surface area contributed by atoms with Crippen LogP contribution < -0.4 is 24.4 Å². The van der Waals surface area contributed by atoms with Crippen LogP contribution in [0.25, 0.3) is 0 Å². The number of carbonyl (C=O) groups is 2. The molecule has 7 nitrogen and oxygen atoms in total. The highest BCUT2D eigenvalue weighted by Crippen LogP contribution is 2.43. The van der Waals surface area contributed by atoms with Crippen molar-refractivity contribution in [1.29, 1.82) is 0 Å². The molecule has 0 radical (unpaired) electrons. The SMILES string of the molecule is CCOc1ccccc1NC(=O)[C@@H]1CC(=O)N(c2ccc(OC)cc2)[C@H]1c1ccc(OC)cc1. The molecule has 2 atom stereocenters. The summed E-state index contributed by atoms with van der Waals surface area (Å²) >= 11 is 0. The zero-order valence-corrected chi connectivity index (χ0v) is 19.5. The van der Waals surface area contributed by atoms with Crippen molar-refractivity contribution in [2.75, 3.05) is 31.0 Å². The van der Waals surface area contributed by atoms with Crippen molar-refractivity contribution in [2.45, 2.75) is 19.4 Å². The molecule has 3 aromatic carbocycles. The van der Waals surface area contributed by atoms with E-state index in [0.29, 0.717) is 35.2 Å². The number of nitrogens with one attached hydrogen (secondary N) is 1. The first kappa shape index (κ1) is 23.2. The van der Waals surface area contributed by atoms with Crippen LogP contribution in [0.15, 0.2) is 72.8 Å². The molecule has 0 aliphatic carbocycles. The molecule has 1 heterocycles. The number of amides is 2. The molecule has 34 heavy (non-hydrogen) atoms. The van der Waals surface area contributed by atoms with Gasteiger partial charge < -0.3 is 24.4 Å². The standard InChI is InChI=1S/C27H28N2O5/c1-4-34-24-8-6-5-7-23(24)28-27(31)22-17-25(30)29(19-11-15-21(33-3)16-12-19)26(22)18-9-13-20(32-2)14-10-18/h5-16,22,26H,4,17H2,1-3H3,(H,28,31)/t22-,26+/m1/s1. The Bertz CT molecular complexity index is 1140. The van der Waals surface area contributed by atoms with Crippen molar-refractivity contribution in [3.63, 3.8) is 0 Å². The summed E-state index contributed by atoms with van der Waals surface area (Å²) in [4.78, 5) is 28.4. The minimum absolute atomic E-state index is 0.0887. The van der Waals surface area contributed by atoms with Crippen molar-refractivity contribution in [2.24, 2.45) is 5.92 Å². The Morgan fingerprint density at radius 1 is 0.941 bits per heavy atom. The first-order valence-corrected chi connectivity index (χ1v) is 11.2. The van der Waals surface area contributed by atoms with Crippen LogP contribution in [0.3, 0.4) is 0 Å². The molecule has 2 amide bonds. The maximum atomic E-state index is 13.5. The van der Waals surface area contributed by atoms with Gasteiger partial charge in [-0.05, 0) is 61.0 Å². The van der Waals surface area contributed by atoms with Crippen molar-refractivity contribution < 1.29 is 23.8 Å². The lowest BCUT2D eigenvalue weighted by molar-refractivity contribution is -0.122. The Balaban J connectivity index is 1.70. The number of para-hydroxylation sites is 2. The fourth-order valence-electron chi connectivity index (χ4n) is 4.28. The quantitative estimate of drug-likeness (QED) is 0.521. The van der Waals surface area contributed by atoms with E-state index >= 15 is 0 Å². The average Bonchev–Trinajstić information content (AvgIpc) is 3.22. The molecular formula is C27H28N2O5. The summed E-state index contributed by atoms with van der Waals surface area (Å²) in [5.41, 5.74) is 2.13. The minimum Gasteiger partial charge on any atom is -0.497 e. The molecule has 7 heteroatoms. The molecule has 0 unspecified atom stereocenters. The van der Waals surface area contributed by atoms with Gasteiger partial charge in [0, 0.05) is 12.1 Å². The second-order valence-electron chi connectivity index (χ2n) is 7.91. The van der Waals surface area contributed by atoms with Gasteiger partial charge in [-0.15, -0.1) is 0 Å². The van der Waals surface area contributed by atoms with Gasteiger partial charge in [0.1, 0.15) is 17.2 Å².